The van der Waals surface area contributed by atoms with Gasteiger partial charge in [-0.3, -0.25) is 9.59 Å². The van der Waals surface area contributed by atoms with E-state index in [9.17, 15) is 22.8 Å². The number of rotatable bonds is 3. The van der Waals surface area contributed by atoms with Crippen LogP contribution >= 0.6 is 11.8 Å². The first-order valence-electron chi connectivity index (χ1n) is 8.25. The molecule has 0 saturated carbocycles. The maximum absolute atomic E-state index is 13.3. The Morgan fingerprint density at radius 3 is 2.41 bits per heavy atom. The van der Waals surface area contributed by atoms with E-state index in [4.69, 9.17) is 0 Å². The standard InChI is InChI=1S/C19H11F3N4O2S/c20-19(21,22)13-3-1-2-4-14(13)26-17(27)15(29-18(26)28)9-11-5-7-12(8-6-11)16-23-10-24-25-16/h1-10H,(H,23,24,25)/b15-9-. The SMILES string of the molecule is O=C1S/C(=C\c2ccc(-c3nnc[nH]3)cc2)C(=O)N1c1ccccc1C(F)(F)F. The van der Waals surface area contributed by atoms with Gasteiger partial charge in [-0.1, -0.05) is 36.4 Å². The molecule has 1 aliphatic heterocycles. The molecule has 0 atom stereocenters. The minimum absolute atomic E-state index is 0.0411. The topological polar surface area (TPSA) is 79.0 Å². The van der Waals surface area contributed by atoms with Crippen molar-refractivity contribution >= 4 is 34.7 Å². The molecule has 1 aromatic heterocycles. The second kappa shape index (κ2) is 7.21. The molecule has 1 N–H and O–H groups in total. The van der Waals surface area contributed by atoms with E-state index in [0.717, 1.165) is 17.7 Å². The summed E-state index contributed by atoms with van der Waals surface area (Å²) in [6.45, 7) is 0. The van der Waals surface area contributed by atoms with Crippen molar-refractivity contribution in [3.8, 4) is 11.4 Å². The molecule has 0 bridgehead atoms. The molecule has 1 aliphatic rings. The lowest BCUT2D eigenvalue weighted by molar-refractivity contribution is -0.137. The van der Waals surface area contributed by atoms with E-state index in [-0.39, 0.29) is 4.91 Å². The van der Waals surface area contributed by atoms with E-state index in [1.165, 1.54) is 24.5 Å². The molecular formula is C19H11F3N4O2S. The van der Waals surface area contributed by atoms with Gasteiger partial charge in [0.1, 0.15) is 6.33 Å². The van der Waals surface area contributed by atoms with Gasteiger partial charge in [0.15, 0.2) is 5.82 Å². The Morgan fingerprint density at radius 2 is 1.76 bits per heavy atom. The number of alkyl halides is 3. The number of carbonyl (C=O) groups is 2. The Kier molecular flexibility index (Phi) is 4.71. The molecule has 0 spiro atoms. The molecule has 2 aromatic carbocycles. The first-order chi connectivity index (χ1) is 13.8. The summed E-state index contributed by atoms with van der Waals surface area (Å²) in [5, 5.41) is 6.80. The predicted octanol–water partition coefficient (Wildman–Crippen LogP) is 4.73. The van der Waals surface area contributed by atoms with Gasteiger partial charge in [-0.2, -0.15) is 13.2 Å². The second-order valence-corrected chi connectivity index (χ2v) is 6.98. The van der Waals surface area contributed by atoms with E-state index >= 15 is 0 Å². The average molecular weight is 416 g/mol. The van der Waals surface area contributed by atoms with Gasteiger partial charge in [0.25, 0.3) is 11.1 Å². The van der Waals surface area contributed by atoms with Crippen molar-refractivity contribution in [3.05, 3.63) is 70.9 Å². The highest BCUT2D eigenvalue weighted by Gasteiger charge is 2.42. The number of thioether (sulfide) groups is 1. The van der Waals surface area contributed by atoms with Crippen molar-refractivity contribution in [2.45, 2.75) is 6.18 Å². The summed E-state index contributed by atoms with van der Waals surface area (Å²) in [5.74, 6) is -0.225. The van der Waals surface area contributed by atoms with Gasteiger partial charge in [-0.05, 0) is 35.5 Å². The van der Waals surface area contributed by atoms with Crippen LogP contribution in [0.15, 0.2) is 59.8 Å². The van der Waals surface area contributed by atoms with Gasteiger partial charge < -0.3 is 4.98 Å². The highest BCUT2D eigenvalue weighted by atomic mass is 32.2. The van der Waals surface area contributed by atoms with Crippen LogP contribution < -0.4 is 4.90 Å². The number of aromatic amines is 1. The van der Waals surface area contributed by atoms with Crippen LogP contribution in [0.5, 0.6) is 0 Å². The van der Waals surface area contributed by atoms with Gasteiger partial charge >= 0.3 is 6.18 Å². The van der Waals surface area contributed by atoms with Gasteiger partial charge in [-0.15, -0.1) is 10.2 Å². The molecule has 1 saturated heterocycles. The summed E-state index contributed by atoms with van der Waals surface area (Å²) < 4.78 is 39.8. The fraction of sp³-hybridized carbons (Fsp3) is 0.0526. The number of para-hydroxylation sites is 1. The summed E-state index contributed by atoms with van der Waals surface area (Å²) in [7, 11) is 0. The van der Waals surface area contributed by atoms with Crippen molar-refractivity contribution in [3.63, 3.8) is 0 Å². The van der Waals surface area contributed by atoms with Crippen LogP contribution in [0.4, 0.5) is 23.7 Å². The van der Waals surface area contributed by atoms with Crippen LogP contribution in [0.1, 0.15) is 11.1 Å². The summed E-state index contributed by atoms with van der Waals surface area (Å²) >= 11 is 0.595. The molecule has 146 valence electrons. The van der Waals surface area contributed by atoms with Crippen LogP contribution in [0, 0.1) is 0 Å². The summed E-state index contributed by atoms with van der Waals surface area (Å²) in [6, 6.07) is 11.4. The lowest BCUT2D eigenvalue weighted by atomic mass is 10.1. The second-order valence-electron chi connectivity index (χ2n) is 5.99. The Balaban J connectivity index is 1.64. The van der Waals surface area contributed by atoms with E-state index in [0.29, 0.717) is 28.0 Å². The molecule has 2 heterocycles. The number of nitrogens with zero attached hydrogens (tertiary/aromatic N) is 3. The number of hydrogen-bond donors (Lipinski definition) is 1. The molecule has 0 unspecified atom stereocenters. The van der Waals surface area contributed by atoms with E-state index < -0.39 is 28.6 Å². The van der Waals surface area contributed by atoms with E-state index in [1.54, 1.807) is 24.3 Å². The number of halogens is 3. The molecule has 6 nitrogen and oxygen atoms in total. The molecule has 10 heteroatoms. The zero-order valence-corrected chi connectivity index (χ0v) is 15.3. The molecule has 0 aliphatic carbocycles. The third-order valence-electron chi connectivity index (χ3n) is 4.14. The zero-order valence-electron chi connectivity index (χ0n) is 14.5. The quantitative estimate of drug-likeness (QED) is 0.625. The van der Waals surface area contributed by atoms with Gasteiger partial charge in [0.05, 0.1) is 16.2 Å². The number of benzene rings is 2. The smallest absolute Gasteiger partial charge is 0.328 e. The van der Waals surface area contributed by atoms with Crippen molar-refractivity contribution < 1.29 is 22.8 Å². The monoisotopic (exact) mass is 416 g/mol. The number of nitrogens with one attached hydrogen (secondary N) is 1. The fourth-order valence-corrected chi connectivity index (χ4v) is 3.65. The molecule has 2 amide bonds. The van der Waals surface area contributed by atoms with Crippen LogP contribution in [-0.2, 0) is 11.0 Å². The molecule has 0 radical (unpaired) electrons. The van der Waals surface area contributed by atoms with Gasteiger partial charge in [0, 0.05) is 5.56 Å². The summed E-state index contributed by atoms with van der Waals surface area (Å²) in [4.78, 5) is 28.5. The Morgan fingerprint density at radius 1 is 1.03 bits per heavy atom. The van der Waals surface area contributed by atoms with E-state index in [1.807, 2.05) is 0 Å². The largest absolute Gasteiger partial charge is 0.418 e. The maximum Gasteiger partial charge on any atom is 0.418 e. The molecule has 1 fully saturated rings. The minimum Gasteiger partial charge on any atom is -0.328 e. The third-order valence-corrected chi connectivity index (χ3v) is 5.01. The lowest BCUT2D eigenvalue weighted by Gasteiger charge is -2.18. The number of amides is 2. The zero-order chi connectivity index (χ0) is 20.6. The minimum atomic E-state index is -4.69. The number of H-pyrrole nitrogens is 1. The average Bonchev–Trinajstić information content (AvgIpc) is 3.31. The van der Waals surface area contributed by atoms with Gasteiger partial charge in [-0.25, -0.2) is 4.90 Å². The van der Waals surface area contributed by atoms with Crippen LogP contribution in [0.25, 0.3) is 17.5 Å². The predicted molar refractivity (Wildman–Crippen MR) is 102 cm³/mol. The van der Waals surface area contributed by atoms with Crippen LogP contribution in [-0.4, -0.2) is 26.3 Å². The molecule has 3 aromatic rings. The van der Waals surface area contributed by atoms with Crippen LogP contribution in [0.2, 0.25) is 0 Å². The van der Waals surface area contributed by atoms with Gasteiger partial charge in [0.2, 0.25) is 0 Å². The van der Waals surface area contributed by atoms with Crippen molar-refractivity contribution in [1.29, 1.82) is 0 Å². The molecule has 29 heavy (non-hydrogen) atoms. The molecular weight excluding hydrogens is 405 g/mol. The third kappa shape index (κ3) is 3.66. The van der Waals surface area contributed by atoms with Crippen molar-refractivity contribution in [1.82, 2.24) is 15.2 Å². The summed E-state index contributed by atoms with van der Waals surface area (Å²) in [6.07, 6.45) is -1.78. The van der Waals surface area contributed by atoms with Crippen molar-refractivity contribution in [2.75, 3.05) is 4.90 Å². The highest BCUT2D eigenvalue weighted by molar-refractivity contribution is 8.19. The normalized spacial score (nSPS) is 16.1. The maximum atomic E-state index is 13.3. The molecule has 4 rings (SSSR count). The van der Waals surface area contributed by atoms with E-state index in [2.05, 4.69) is 15.2 Å². The first-order valence-corrected chi connectivity index (χ1v) is 9.07. The Bertz CT molecular complexity index is 1110. The Hall–Kier alpha value is -3.40. The Labute approximate surface area is 166 Å². The van der Waals surface area contributed by atoms with Crippen molar-refractivity contribution in [2.24, 2.45) is 0 Å². The lowest BCUT2D eigenvalue weighted by Crippen LogP contribution is -2.30. The summed E-state index contributed by atoms with van der Waals surface area (Å²) in [5.41, 5.74) is -0.138. The first kappa shape index (κ1) is 18.9. The number of carbonyl (C=O) groups excluding carboxylic acids is 2. The fourth-order valence-electron chi connectivity index (χ4n) is 2.82. The number of hydrogen-bond acceptors (Lipinski definition) is 5. The number of anilines is 1. The number of imide groups is 1. The highest BCUT2D eigenvalue weighted by Crippen LogP contribution is 2.42. The number of aromatic nitrogens is 3. The van der Waals surface area contributed by atoms with Crippen LogP contribution in [0.3, 0.4) is 0 Å².